The highest BCUT2D eigenvalue weighted by Gasteiger charge is 2.44. The van der Waals surface area contributed by atoms with Crippen LogP contribution in [0.5, 0.6) is 0 Å². The van der Waals surface area contributed by atoms with E-state index in [2.05, 4.69) is 32.3 Å². The molecule has 0 radical (unpaired) electrons. The lowest BCUT2D eigenvalue weighted by Gasteiger charge is -2.46. The van der Waals surface area contributed by atoms with Crippen molar-refractivity contribution >= 4 is 17.7 Å². The van der Waals surface area contributed by atoms with Crippen LogP contribution in [0.3, 0.4) is 0 Å². The van der Waals surface area contributed by atoms with Crippen molar-refractivity contribution < 1.29 is 4.79 Å². The lowest BCUT2D eigenvalue weighted by molar-refractivity contribution is -0.132. The first kappa shape index (κ1) is 16.8. The molecular weight excluding hydrogens is 256 g/mol. The maximum atomic E-state index is 12.3. The number of amides is 1. The molecule has 1 saturated carbocycles. The van der Waals surface area contributed by atoms with Gasteiger partial charge in [-0.3, -0.25) is 4.79 Å². The van der Waals surface area contributed by atoms with Crippen molar-refractivity contribution in [2.24, 2.45) is 23.0 Å². The number of carbonyl (C=O) groups is 1. The van der Waals surface area contributed by atoms with E-state index in [4.69, 9.17) is 5.73 Å². The third kappa shape index (κ3) is 4.38. The fourth-order valence-electron chi connectivity index (χ4n) is 3.03. The van der Waals surface area contributed by atoms with Gasteiger partial charge in [0.1, 0.15) is 0 Å². The van der Waals surface area contributed by atoms with E-state index in [1.165, 1.54) is 12.2 Å². The quantitative estimate of drug-likeness (QED) is 0.738. The number of carbonyl (C=O) groups excluding carboxylic acids is 1. The normalized spacial score (nSPS) is 30.1. The van der Waals surface area contributed by atoms with Crippen molar-refractivity contribution in [3.63, 3.8) is 0 Å². The second-order valence-electron chi connectivity index (χ2n) is 6.39. The van der Waals surface area contributed by atoms with Crippen molar-refractivity contribution in [3.8, 4) is 0 Å². The molecule has 0 bridgehead atoms. The molecule has 112 valence electrons. The van der Waals surface area contributed by atoms with Crippen molar-refractivity contribution in [1.82, 2.24) is 5.32 Å². The Hall–Kier alpha value is -0.220. The first-order valence-corrected chi connectivity index (χ1v) is 8.82. The van der Waals surface area contributed by atoms with Crippen LogP contribution >= 0.6 is 11.8 Å². The van der Waals surface area contributed by atoms with E-state index in [1.807, 2.05) is 11.8 Å². The third-order valence-corrected chi connectivity index (χ3v) is 5.59. The highest BCUT2D eigenvalue weighted by atomic mass is 32.2. The van der Waals surface area contributed by atoms with Crippen molar-refractivity contribution in [2.45, 2.75) is 52.5 Å². The average molecular weight is 286 g/mol. The standard InChI is InChI=1S/C15H30N2OS/c1-11-13(16)8-7-12(15(11,2)3)14(18)17-9-5-6-10-19-4/h11-13H,5-10,16H2,1-4H3,(H,17,18). The lowest BCUT2D eigenvalue weighted by Crippen LogP contribution is -2.51. The van der Waals surface area contributed by atoms with E-state index >= 15 is 0 Å². The van der Waals surface area contributed by atoms with Crippen LogP contribution in [0.25, 0.3) is 0 Å². The van der Waals surface area contributed by atoms with E-state index in [9.17, 15) is 4.79 Å². The van der Waals surface area contributed by atoms with E-state index in [-0.39, 0.29) is 23.3 Å². The summed E-state index contributed by atoms with van der Waals surface area (Å²) in [6, 6.07) is 0.237. The minimum absolute atomic E-state index is 0.00101. The zero-order valence-electron chi connectivity index (χ0n) is 12.9. The summed E-state index contributed by atoms with van der Waals surface area (Å²) >= 11 is 1.86. The minimum atomic E-state index is 0.00101. The lowest BCUT2D eigenvalue weighted by atomic mass is 9.61. The second kappa shape index (κ2) is 7.53. The Morgan fingerprint density at radius 3 is 2.68 bits per heavy atom. The predicted molar refractivity (Wildman–Crippen MR) is 84.3 cm³/mol. The average Bonchev–Trinajstić information content (AvgIpc) is 2.35. The maximum absolute atomic E-state index is 12.3. The van der Waals surface area contributed by atoms with Gasteiger partial charge in [-0.25, -0.2) is 0 Å². The summed E-state index contributed by atoms with van der Waals surface area (Å²) in [4.78, 5) is 12.3. The summed E-state index contributed by atoms with van der Waals surface area (Å²) in [6.07, 6.45) is 6.27. The molecule has 1 aliphatic carbocycles. The molecule has 1 aliphatic rings. The molecule has 0 spiro atoms. The summed E-state index contributed by atoms with van der Waals surface area (Å²) in [5.41, 5.74) is 6.14. The number of nitrogens with two attached hydrogens (primary N) is 1. The predicted octanol–water partition coefficient (Wildman–Crippen LogP) is 2.65. The number of unbranched alkanes of at least 4 members (excludes halogenated alkanes) is 1. The van der Waals surface area contributed by atoms with Crippen LogP contribution in [-0.4, -0.2) is 30.5 Å². The summed E-state index contributed by atoms with van der Waals surface area (Å²) in [7, 11) is 0. The van der Waals surface area contributed by atoms with Gasteiger partial charge in [-0.05, 0) is 49.0 Å². The maximum Gasteiger partial charge on any atom is 0.223 e. The largest absolute Gasteiger partial charge is 0.356 e. The molecule has 0 aromatic rings. The minimum Gasteiger partial charge on any atom is -0.356 e. The molecule has 4 heteroatoms. The number of hydrogen-bond acceptors (Lipinski definition) is 3. The Kier molecular flexibility index (Phi) is 6.67. The van der Waals surface area contributed by atoms with E-state index in [0.29, 0.717) is 5.92 Å². The Balaban J connectivity index is 2.43. The smallest absolute Gasteiger partial charge is 0.223 e. The Morgan fingerprint density at radius 2 is 2.05 bits per heavy atom. The van der Waals surface area contributed by atoms with Crippen LogP contribution in [0.2, 0.25) is 0 Å². The zero-order chi connectivity index (χ0) is 14.5. The molecule has 3 unspecified atom stereocenters. The molecule has 0 saturated heterocycles. The number of hydrogen-bond donors (Lipinski definition) is 2. The highest BCUT2D eigenvalue weighted by molar-refractivity contribution is 7.98. The Morgan fingerprint density at radius 1 is 1.37 bits per heavy atom. The van der Waals surface area contributed by atoms with Crippen LogP contribution in [-0.2, 0) is 4.79 Å². The molecule has 0 aliphatic heterocycles. The summed E-state index contributed by atoms with van der Waals surface area (Å²) < 4.78 is 0. The first-order valence-electron chi connectivity index (χ1n) is 7.43. The second-order valence-corrected chi connectivity index (χ2v) is 7.38. The molecule has 0 aromatic heterocycles. The van der Waals surface area contributed by atoms with Gasteiger partial charge >= 0.3 is 0 Å². The van der Waals surface area contributed by atoms with Gasteiger partial charge in [0, 0.05) is 18.5 Å². The molecule has 3 N–H and O–H groups in total. The third-order valence-electron chi connectivity index (χ3n) is 4.89. The summed E-state index contributed by atoms with van der Waals surface area (Å²) in [5.74, 6) is 1.92. The number of thioether (sulfide) groups is 1. The topological polar surface area (TPSA) is 55.1 Å². The fourth-order valence-corrected chi connectivity index (χ4v) is 3.52. The van der Waals surface area contributed by atoms with Crippen LogP contribution in [0, 0.1) is 17.3 Å². The van der Waals surface area contributed by atoms with E-state index < -0.39 is 0 Å². The Bertz CT molecular complexity index is 294. The zero-order valence-corrected chi connectivity index (χ0v) is 13.7. The van der Waals surface area contributed by atoms with Gasteiger partial charge in [-0.1, -0.05) is 20.8 Å². The van der Waals surface area contributed by atoms with Crippen molar-refractivity contribution in [3.05, 3.63) is 0 Å². The van der Waals surface area contributed by atoms with Gasteiger partial charge in [0.25, 0.3) is 0 Å². The van der Waals surface area contributed by atoms with Gasteiger partial charge in [0.2, 0.25) is 5.91 Å². The van der Waals surface area contributed by atoms with E-state index in [1.54, 1.807) is 0 Å². The molecule has 1 amide bonds. The summed E-state index contributed by atoms with van der Waals surface area (Å²) in [6.45, 7) is 7.37. The summed E-state index contributed by atoms with van der Waals surface area (Å²) in [5, 5.41) is 3.11. The molecule has 0 heterocycles. The molecule has 0 aromatic carbocycles. The van der Waals surface area contributed by atoms with Gasteiger partial charge < -0.3 is 11.1 Å². The van der Waals surface area contributed by atoms with Crippen LogP contribution in [0.4, 0.5) is 0 Å². The molecule has 1 fully saturated rings. The molecule has 3 nitrogen and oxygen atoms in total. The van der Waals surface area contributed by atoms with Gasteiger partial charge in [0.05, 0.1) is 0 Å². The van der Waals surface area contributed by atoms with Gasteiger partial charge in [-0.15, -0.1) is 0 Å². The first-order chi connectivity index (χ1) is 8.91. The molecule has 19 heavy (non-hydrogen) atoms. The Labute approximate surface area is 122 Å². The molecule has 1 rings (SSSR count). The fraction of sp³-hybridized carbons (Fsp3) is 0.933. The number of rotatable bonds is 6. The van der Waals surface area contributed by atoms with Crippen molar-refractivity contribution in [2.75, 3.05) is 18.6 Å². The number of nitrogens with one attached hydrogen (secondary N) is 1. The van der Waals surface area contributed by atoms with Gasteiger partial charge in [-0.2, -0.15) is 11.8 Å². The SMILES string of the molecule is CSCCCCNC(=O)C1CCC(N)C(C)C1(C)C. The molecular formula is C15H30N2OS. The highest BCUT2D eigenvalue weighted by Crippen LogP contribution is 2.44. The van der Waals surface area contributed by atoms with Crippen LogP contribution in [0.15, 0.2) is 0 Å². The van der Waals surface area contributed by atoms with Crippen molar-refractivity contribution in [1.29, 1.82) is 0 Å². The molecule has 3 atom stereocenters. The van der Waals surface area contributed by atoms with Crippen LogP contribution in [0.1, 0.15) is 46.5 Å². The van der Waals surface area contributed by atoms with Gasteiger partial charge in [0.15, 0.2) is 0 Å². The van der Waals surface area contributed by atoms with E-state index in [0.717, 1.165) is 25.8 Å². The monoisotopic (exact) mass is 286 g/mol. The van der Waals surface area contributed by atoms with Crippen LogP contribution < -0.4 is 11.1 Å².